The van der Waals surface area contributed by atoms with Gasteiger partial charge >= 0.3 is 0 Å². The first-order valence-electron chi connectivity index (χ1n) is 7.58. The van der Waals surface area contributed by atoms with Crippen LogP contribution in [0.25, 0.3) is 11.5 Å². The molecule has 116 valence electrons. The van der Waals surface area contributed by atoms with Gasteiger partial charge in [-0.25, -0.2) is 0 Å². The second-order valence-electron chi connectivity index (χ2n) is 5.37. The first-order valence-corrected chi connectivity index (χ1v) is 7.58. The highest BCUT2D eigenvalue weighted by Crippen LogP contribution is 2.25. The van der Waals surface area contributed by atoms with Crippen molar-refractivity contribution in [1.82, 2.24) is 20.4 Å². The topological polar surface area (TPSA) is 73.1 Å². The summed E-state index contributed by atoms with van der Waals surface area (Å²) in [6.45, 7) is 2.05. The molecular formula is C17H16N4O2. The van der Waals surface area contributed by atoms with Gasteiger partial charge in [-0.2, -0.15) is 4.98 Å². The summed E-state index contributed by atoms with van der Waals surface area (Å²) in [4.78, 5) is 8.55. The quantitative estimate of drug-likeness (QED) is 0.780. The van der Waals surface area contributed by atoms with E-state index in [0.29, 0.717) is 24.0 Å². The van der Waals surface area contributed by atoms with E-state index < -0.39 is 0 Å². The summed E-state index contributed by atoms with van der Waals surface area (Å²) < 4.78 is 10.8. The predicted molar refractivity (Wildman–Crippen MR) is 83.7 cm³/mol. The van der Waals surface area contributed by atoms with E-state index in [4.69, 9.17) is 9.26 Å². The molecule has 6 heteroatoms. The fourth-order valence-electron chi connectivity index (χ4n) is 2.59. The van der Waals surface area contributed by atoms with E-state index in [1.165, 1.54) is 11.1 Å². The van der Waals surface area contributed by atoms with E-state index in [-0.39, 0.29) is 0 Å². The molecule has 0 spiro atoms. The van der Waals surface area contributed by atoms with Crippen LogP contribution in [-0.2, 0) is 19.5 Å². The molecule has 23 heavy (non-hydrogen) atoms. The van der Waals surface area contributed by atoms with Crippen molar-refractivity contribution in [1.29, 1.82) is 0 Å². The van der Waals surface area contributed by atoms with Gasteiger partial charge in [0.05, 0.1) is 13.2 Å². The normalized spacial score (nSPS) is 12.9. The Morgan fingerprint density at radius 3 is 3.04 bits per heavy atom. The van der Waals surface area contributed by atoms with Crippen LogP contribution in [0.3, 0.4) is 0 Å². The summed E-state index contributed by atoms with van der Waals surface area (Å²) in [5, 5.41) is 7.27. The van der Waals surface area contributed by atoms with E-state index in [1.807, 2.05) is 24.3 Å². The molecular weight excluding hydrogens is 292 g/mol. The zero-order valence-corrected chi connectivity index (χ0v) is 12.5. The summed E-state index contributed by atoms with van der Waals surface area (Å²) in [5.41, 5.74) is 3.21. The molecule has 0 unspecified atom stereocenters. The molecule has 0 atom stereocenters. The summed E-state index contributed by atoms with van der Waals surface area (Å²) in [7, 11) is 0. The van der Waals surface area contributed by atoms with Gasteiger partial charge in [0.2, 0.25) is 11.7 Å². The molecule has 3 heterocycles. The van der Waals surface area contributed by atoms with E-state index in [1.54, 1.807) is 6.20 Å². The van der Waals surface area contributed by atoms with Gasteiger partial charge in [0.25, 0.3) is 0 Å². The molecule has 0 radical (unpaired) electrons. The van der Waals surface area contributed by atoms with Gasteiger partial charge in [-0.3, -0.25) is 4.98 Å². The lowest BCUT2D eigenvalue weighted by Gasteiger charge is -2.04. The fourth-order valence-corrected chi connectivity index (χ4v) is 2.59. The monoisotopic (exact) mass is 308 g/mol. The Morgan fingerprint density at radius 2 is 2.13 bits per heavy atom. The minimum Gasteiger partial charge on any atom is -0.493 e. The van der Waals surface area contributed by atoms with Crippen molar-refractivity contribution in [2.45, 2.75) is 19.5 Å². The van der Waals surface area contributed by atoms with Crippen molar-refractivity contribution in [3.8, 4) is 17.3 Å². The lowest BCUT2D eigenvalue weighted by Crippen LogP contribution is -2.13. The molecule has 0 saturated heterocycles. The minimum absolute atomic E-state index is 0.511. The fraction of sp³-hybridized carbons (Fsp3) is 0.235. The largest absolute Gasteiger partial charge is 0.493 e. The number of nitrogens with zero attached hydrogens (tertiary/aromatic N) is 3. The Bertz CT molecular complexity index is 801. The molecule has 0 bridgehead atoms. The van der Waals surface area contributed by atoms with Crippen molar-refractivity contribution in [2.75, 3.05) is 6.61 Å². The molecule has 4 rings (SSSR count). The maximum absolute atomic E-state index is 5.51. The lowest BCUT2D eigenvalue weighted by molar-refractivity contribution is 0.356. The summed E-state index contributed by atoms with van der Waals surface area (Å²) in [6, 6.07) is 11.9. The van der Waals surface area contributed by atoms with Crippen LogP contribution in [0, 0.1) is 0 Å². The van der Waals surface area contributed by atoms with Gasteiger partial charge in [0, 0.05) is 19.2 Å². The van der Waals surface area contributed by atoms with E-state index in [0.717, 1.165) is 25.3 Å². The minimum atomic E-state index is 0.511. The van der Waals surface area contributed by atoms with Crippen LogP contribution in [0.2, 0.25) is 0 Å². The standard InChI is InChI=1S/C17H16N4O2/c1-2-7-19-14(3-1)17-20-16(23-21-17)11-18-10-12-4-5-15-13(9-12)6-8-22-15/h1-5,7,9,18H,6,8,10-11H2. The maximum atomic E-state index is 5.51. The van der Waals surface area contributed by atoms with Crippen molar-refractivity contribution in [3.05, 3.63) is 59.6 Å². The molecule has 1 aliphatic rings. The van der Waals surface area contributed by atoms with Gasteiger partial charge in [-0.1, -0.05) is 23.4 Å². The number of hydrogen-bond acceptors (Lipinski definition) is 6. The van der Waals surface area contributed by atoms with Crippen molar-refractivity contribution < 1.29 is 9.26 Å². The Hall–Kier alpha value is -2.73. The Morgan fingerprint density at radius 1 is 1.13 bits per heavy atom. The number of fused-ring (bicyclic) bond motifs is 1. The number of pyridine rings is 1. The van der Waals surface area contributed by atoms with Crippen LogP contribution in [0.1, 0.15) is 17.0 Å². The van der Waals surface area contributed by atoms with Gasteiger partial charge < -0.3 is 14.6 Å². The van der Waals surface area contributed by atoms with Crippen molar-refractivity contribution in [2.24, 2.45) is 0 Å². The second kappa shape index (κ2) is 6.18. The number of benzene rings is 1. The first-order chi connectivity index (χ1) is 11.4. The van der Waals surface area contributed by atoms with Gasteiger partial charge in [0.15, 0.2) is 0 Å². The molecule has 1 aliphatic heterocycles. The summed E-state index contributed by atoms with van der Waals surface area (Å²) in [5.74, 6) is 2.07. The van der Waals surface area contributed by atoms with E-state index in [9.17, 15) is 0 Å². The first kappa shape index (κ1) is 13.9. The third-order valence-corrected chi connectivity index (χ3v) is 3.72. The molecule has 3 aromatic rings. The van der Waals surface area contributed by atoms with Crippen LogP contribution in [0.15, 0.2) is 47.1 Å². The zero-order valence-electron chi connectivity index (χ0n) is 12.5. The second-order valence-corrected chi connectivity index (χ2v) is 5.37. The van der Waals surface area contributed by atoms with Crippen LogP contribution < -0.4 is 10.1 Å². The van der Waals surface area contributed by atoms with Crippen LogP contribution in [0.5, 0.6) is 5.75 Å². The zero-order chi connectivity index (χ0) is 15.5. The number of nitrogens with one attached hydrogen (secondary N) is 1. The third-order valence-electron chi connectivity index (χ3n) is 3.72. The third kappa shape index (κ3) is 3.07. The Labute approximate surface area is 133 Å². The molecule has 1 N–H and O–H groups in total. The molecule has 0 aliphatic carbocycles. The number of aromatic nitrogens is 3. The molecule has 0 saturated carbocycles. The van der Waals surface area contributed by atoms with Gasteiger partial charge in [-0.05, 0) is 29.3 Å². The summed E-state index contributed by atoms with van der Waals surface area (Å²) >= 11 is 0. The number of rotatable bonds is 5. The highest BCUT2D eigenvalue weighted by Gasteiger charge is 2.12. The maximum Gasteiger partial charge on any atom is 0.240 e. The molecule has 0 fully saturated rings. The highest BCUT2D eigenvalue weighted by atomic mass is 16.5. The molecule has 2 aromatic heterocycles. The SMILES string of the molecule is c1ccc(-c2noc(CNCc3ccc4c(c3)CCO4)n2)nc1. The average Bonchev–Trinajstić information content (AvgIpc) is 3.24. The van der Waals surface area contributed by atoms with Crippen LogP contribution in [-0.4, -0.2) is 21.7 Å². The number of ether oxygens (including phenoxy) is 1. The van der Waals surface area contributed by atoms with E-state index in [2.05, 4.69) is 32.6 Å². The van der Waals surface area contributed by atoms with Crippen molar-refractivity contribution in [3.63, 3.8) is 0 Å². The molecule has 1 aromatic carbocycles. The molecule has 6 nitrogen and oxygen atoms in total. The highest BCUT2D eigenvalue weighted by molar-refractivity contribution is 5.47. The van der Waals surface area contributed by atoms with Gasteiger partial charge in [0.1, 0.15) is 11.4 Å². The van der Waals surface area contributed by atoms with Crippen LogP contribution >= 0.6 is 0 Å². The Kier molecular flexibility index (Phi) is 3.73. The average molecular weight is 308 g/mol. The van der Waals surface area contributed by atoms with Crippen LogP contribution in [0.4, 0.5) is 0 Å². The van der Waals surface area contributed by atoms with Crippen molar-refractivity contribution >= 4 is 0 Å². The lowest BCUT2D eigenvalue weighted by atomic mass is 10.1. The Balaban J connectivity index is 1.36. The number of hydrogen-bond donors (Lipinski definition) is 1. The van der Waals surface area contributed by atoms with Gasteiger partial charge in [-0.15, -0.1) is 0 Å². The predicted octanol–water partition coefficient (Wildman–Crippen LogP) is 2.36. The van der Waals surface area contributed by atoms with E-state index >= 15 is 0 Å². The smallest absolute Gasteiger partial charge is 0.240 e. The summed E-state index contributed by atoms with van der Waals surface area (Å²) in [6.07, 6.45) is 2.70. The molecule has 0 amide bonds.